The van der Waals surface area contributed by atoms with Crippen molar-refractivity contribution in [2.45, 2.75) is 32.2 Å². The number of hydrogen-bond acceptors (Lipinski definition) is 2. The molecule has 1 aromatic rings. The minimum atomic E-state index is -0.686. The molecule has 0 spiro atoms. The number of carbonyl (C=O) groups is 2. The largest absolute Gasteiger partial charge is 0.341 e. The zero-order chi connectivity index (χ0) is 15.4. The number of hydrogen-bond donors (Lipinski definition) is 1. The predicted octanol–water partition coefficient (Wildman–Crippen LogP) is 2.61. The van der Waals surface area contributed by atoms with Crippen LogP contribution in [0.3, 0.4) is 0 Å². The fourth-order valence-corrected chi connectivity index (χ4v) is 2.57. The molecular formula is C15H18ClFN2O2. The summed E-state index contributed by atoms with van der Waals surface area (Å²) in [6.07, 6.45) is 3.09. The molecule has 6 heteroatoms. The zero-order valence-electron chi connectivity index (χ0n) is 11.9. The molecule has 1 unspecified atom stereocenters. The van der Waals surface area contributed by atoms with Crippen molar-refractivity contribution < 1.29 is 14.0 Å². The van der Waals surface area contributed by atoms with E-state index in [9.17, 15) is 14.0 Å². The first-order valence-electron chi connectivity index (χ1n) is 7.04. The van der Waals surface area contributed by atoms with Crippen molar-refractivity contribution in [3.05, 3.63) is 34.6 Å². The second-order valence-corrected chi connectivity index (χ2v) is 5.64. The van der Waals surface area contributed by atoms with Crippen molar-refractivity contribution >= 4 is 23.4 Å². The summed E-state index contributed by atoms with van der Waals surface area (Å²) in [4.78, 5) is 26.0. The maximum Gasteiger partial charge on any atom is 0.254 e. The Labute approximate surface area is 128 Å². The van der Waals surface area contributed by atoms with Crippen LogP contribution in [0.5, 0.6) is 0 Å². The molecule has 0 saturated carbocycles. The van der Waals surface area contributed by atoms with Crippen molar-refractivity contribution in [1.29, 1.82) is 0 Å². The van der Waals surface area contributed by atoms with Crippen LogP contribution in [0.1, 0.15) is 36.5 Å². The molecular weight excluding hydrogens is 295 g/mol. The van der Waals surface area contributed by atoms with Gasteiger partial charge < -0.3 is 10.2 Å². The van der Waals surface area contributed by atoms with Gasteiger partial charge in [0, 0.05) is 18.1 Å². The van der Waals surface area contributed by atoms with Crippen molar-refractivity contribution in [3.63, 3.8) is 0 Å². The Hall–Kier alpha value is -1.62. The van der Waals surface area contributed by atoms with Crippen LogP contribution in [0.25, 0.3) is 0 Å². The van der Waals surface area contributed by atoms with Crippen molar-refractivity contribution in [3.8, 4) is 0 Å². The van der Waals surface area contributed by atoms with Gasteiger partial charge >= 0.3 is 0 Å². The summed E-state index contributed by atoms with van der Waals surface area (Å²) in [6, 6.07) is 3.07. The third-order valence-corrected chi connectivity index (χ3v) is 3.79. The lowest BCUT2D eigenvalue weighted by atomic mass is 10.1. The molecule has 2 amide bonds. The summed E-state index contributed by atoms with van der Waals surface area (Å²) in [6.45, 7) is 3.03. The monoisotopic (exact) mass is 312 g/mol. The Morgan fingerprint density at radius 2 is 1.95 bits per heavy atom. The van der Waals surface area contributed by atoms with Gasteiger partial charge in [0.05, 0.1) is 5.56 Å². The maximum absolute atomic E-state index is 13.6. The standard InChI is InChI=1S/C15H18ClFN2O2/c1-10(15(21)19-7-3-2-4-8-19)18-14(20)12-9-11(16)5-6-13(12)17/h5-6,9-10H,2-4,7-8H2,1H3,(H,18,20). The van der Waals surface area contributed by atoms with E-state index in [0.29, 0.717) is 13.1 Å². The first-order valence-corrected chi connectivity index (χ1v) is 7.41. The molecule has 0 aliphatic carbocycles. The highest BCUT2D eigenvalue weighted by Crippen LogP contribution is 2.15. The van der Waals surface area contributed by atoms with Crippen LogP contribution in [0.2, 0.25) is 5.02 Å². The molecule has 1 aliphatic rings. The average molecular weight is 313 g/mol. The van der Waals surface area contributed by atoms with Crippen LogP contribution >= 0.6 is 11.6 Å². The van der Waals surface area contributed by atoms with E-state index in [0.717, 1.165) is 25.3 Å². The molecule has 1 fully saturated rings. The van der Waals surface area contributed by atoms with Gasteiger partial charge in [-0.3, -0.25) is 9.59 Å². The molecule has 21 heavy (non-hydrogen) atoms. The van der Waals surface area contributed by atoms with E-state index >= 15 is 0 Å². The minimum Gasteiger partial charge on any atom is -0.341 e. The summed E-state index contributed by atoms with van der Waals surface area (Å²) in [5, 5.41) is 2.81. The summed E-state index contributed by atoms with van der Waals surface area (Å²) in [5.41, 5.74) is -0.152. The summed E-state index contributed by atoms with van der Waals surface area (Å²) in [5.74, 6) is -1.42. The molecule has 0 radical (unpaired) electrons. The molecule has 1 aromatic carbocycles. The lowest BCUT2D eigenvalue weighted by Gasteiger charge is -2.29. The number of amides is 2. The lowest BCUT2D eigenvalue weighted by molar-refractivity contribution is -0.133. The van der Waals surface area contributed by atoms with Gasteiger partial charge in [0.25, 0.3) is 5.91 Å². The number of nitrogens with zero attached hydrogens (tertiary/aromatic N) is 1. The van der Waals surface area contributed by atoms with Gasteiger partial charge in [-0.1, -0.05) is 11.6 Å². The highest BCUT2D eigenvalue weighted by molar-refractivity contribution is 6.31. The van der Waals surface area contributed by atoms with Gasteiger partial charge in [-0.25, -0.2) is 4.39 Å². The van der Waals surface area contributed by atoms with Gasteiger partial charge in [-0.05, 0) is 44.4 Å². The number of halogens is 2. The van der Waals surface area contributed by atoms with E-state index in [2.05, 4.69) is 5.32 Å². The zero-order valence-corrected chi connectivity index (χ0v) is 12.6. The molecule has 2 rings (SSSR count). The number of benzene rings is 1. The maximum atomic E-state index is 13.6. The first kappa shape index (κ1) is 15.8. The molecule has 0 bridgehead atoms. The average Bonchev–Trinajstić information content (AvgIpc) is 2.49. The van der Waals surface area contributed by atoms with Crippen LogP contribution in [-0.2, 0) is 4.79 Å². The fraction of sp³-hybridized carbons (Fsp3) is 0.467. The molecule has 114 valence electrons. The quantitative estimate of drug-likeness (QED) is 0.932. The number of piperidine rings is 1. The number of rotatable bonds is 3. The molecule has 4 nitrogen and oxygen atoms in total. The predicted molar refractivity (Wildman–Crippen MR) is 78.8 cm³/mol. The van der Waals surface area contributed by atoms with Crippen molar-refractivity contribution in [2.24, 2.45) is 0 Å². The lowest BCUT2D eigenvalue weighted by Crippen LogP contribution is -2.48. The van der Waals surface area contributed by atoms with E-state index in [1.165, 1.54) is 12.1 Å². The molecule has 1 heterocycles. The van der Waals surface area contributed by atoms with Gasteiger partial charge in [-0.15, -0.1) is 0 Å². The van der Waals surface area contributed by atoms with E-state index in [-0.39, 0.29) is 16.5 Å². The first-order chi connectivity index (χ1) is 9.99. The van der Waals surface area contributed by atoms with Gasteiger partial charge in [0.1, 0.15) is 11.9 Å². The molecule has 1 N–H and O–H groups in total. The Morgan fingerprint density at radius 1 is 1.29 bits per heavy atom. The van der Waals surface area contributed by atoms with Gasteiger partial charge in [-0.2, -0.15) is 0 Å². The van der Waals surface area contributed by atoms with E-state index < -0.39 is 17.8 Å². The SMILES string of the molecule is CC(NC(=O)c1cc(Cl)ccc1F)C(=O)N1CCCCC1. The Kier molecular flexibility index (Phi) is 5.17. The van der Waals surface area contributed by atoms with Crippen molar-refractivity contribution in [1.82, 2.24) is 10.2 Å². The Balaban J connectivity index is 2.01. The number of likely N-dealkylation sites (tertiary alicyclic amines) is 1. The number of carbonyl (C=O) groups excluding carboxylic acids is 2. The topological polar surface area (TPSA) is 49.4 Å². The van der Waals surface area contributed by atoms with E-state index in [1.807, 2.05) is 0 Å². The van der Waals surface area contributed by atoms with Crippen molar-refractivity contribution in [2.75, 3.05) is 13.1 Å². The van der Waals surface area contributed by atoms with Crippen LogP contribution in [0.4, 0.5) is 4.39 Å². The van der Waals surface area contributed by atoms with E-state index in [4.69, 9.17) is 11.6 Å². The highest BCUT2D eigenvalue weighted by atomic mass is 35.5. The highest BCUT2D eigenvalue weighted by Gasteiger charge is 2.24. The Bertz CT molecular complexity index is 544. The van der Waals surface area contributed by atoms with Crippen LogP contribution in [-0.4, -0.2) is 35.8 Å². The molecule has 1 atom stereocenters. The molecule has 0 aromatic heterocycles. The smallest absolute Gasteiger partial charge is 0.254 e. The van der Waals surface area contributed by atoms with Crippen LogP contribution in [0, 0.1) is 5.82 Å². The van der Waals surface area contributed by atoms with Crippen LogP contribution in [0.15, 0.2) is 18.2 Å². The van der Waals surface area contributed by atoms with E-state index in [1.54, 1.807) is 11.8 Å². The van der Waals surface area contributed by atoms with Gasteiger partial charge in [0.15, 0.2) is 0 Å². The Morgan fingerprint density at radius 3 is 2.62 bits per heavy atom. The summed E-state index contributed by atoms with van der Waals surface area (Å²) < 4.78 is 13.6. The molecule has 1 aliphatic heterocycles. The summed E-state index contributed by atoms with van der Waals surface area (Å²) >= 11 is 5.76. The minimum absolute atomic E-state index is 0.134. The number of nitrogens with one attached hydrogen (secondary N) is 1. The second kappa shape index (κ2) is 6.89. The fourth-order valence-electron chi connectivity index (χ4n) is 2.40. The second-order valence-electron chi connectivity index (χ2n) is 5.21. The normalized spacial score (nSPS) is 16.4. The third-order valence-electron chi connectivity index (χ3n) is 3.56. The third kappa shape index (κ3) is 3.94. The molecule has 1 saturated heterocycles. The van der Waals surface area contributed by atoms with Gasteiger partial charge in [0.2, 0.25) is 5.91 Å². The summed E-state index contributed by atoms with van der Waals surface area (Å²) in [7, 11) is 0. The van der Waals surface area contributed by atoms with Crippen LogP contribution < -0.4 is 5.32 Å².